The van der Waals surface area contributed by atoms with Gasteiger partial charge in [0.1, 0.15) is 0 Å². The highest BCUT2D eigenvalue weighted by Gasteiger charge is 2.25. The fraction of sp³-hybridized carbons (Fsp3) is 1.00. The van der Waals surface area contributed by atoms with Gasteiger partial charge < -0.3 is 4.74 Å². The molecule has 0 aromatic rings. The van der Waals surface area contributed by atoms with Crippen LogP contribution in [0.25, 0.3) is 0 Å². The molecule has 1 heterocycles. The molecule has 1 aliphatic carbocycles. The van der Waals surface area contributed by atoms with Crippen molar-refractivity contribution in [2.24, 2.45) is 11.8 Å². The Morgan fingerprint density at radius 2 is 1.50 bits per heavy atom. The molecule has 1 saturated heterocycles. The maximum Gasteiger partial charge on any atom is 0.0496 e. The van der Waals surface area contributed by atoms with E-state index in [0.717, 1.165) is 25.0 Å². The van der Waals surface area contributed by atoms with Gasteiger partial charge in [0.25, 0.3) is 0 Å². The first-order valence-electron chi connectivity index (χ1n) is 5.54. The van der Waals surface area contributed by atoms with Crippen molar-refractivity contribution in [2.45, 2.75) is 44.9 Å². The van der Waals surface area contributed by atoms with Gasteiger partial charge in [-0.1, -0.05) is 32.1 Å². The Hall–Kier alpha value is -0.0400. The van der Waals surface area contributed by atoms with Crippen LogP contribution in [0.1, 0.15) is 44.9 Å². The molecular weight excluding hydrogens is 148 g/mol. The van der Waals surface area contributed by atoms with Crippen molar-refractivity contribution >= 4 is 0 Å². The second kappa shape index (κ2) is 4.27. The van der Waals surface area contributed by atoms with E-state index in [1.165, 1.54) is 44.9 Å². The van der Waals surface area contributed by atoms with Gasteiger partial charge in [-0.15, -0.1) is 0 Å². The molecule has 1 saturated carbocycles. The van der Waals surface area contributed by atoms with E-state index in [0.29, 0.717) is 0 Å². The molecule has 1 aliphatic heterocycles. The van der Waals surface area contributed by atoms with Gasteiger partial charge in [0.2, 0.25) is 0 Å². The van der Waals surface area contributed by atoms with Crippen LogP contribution in [-0.2, 0) is 4.74 Å². The minimum absolute atomic E-state index is 0.916. The molecule has 1 heteroatoms. The van der Waals surface area contributed by atoms with Crippen molar-refractivity contribution in [1.29, 1.82) is 0 Å². The Kier molecular flexibility index (Phi) is 3.04. The van der Waals surface area contributed by atoms with Crippen molar-refractivity contribution in [2.75, 3.05) is 13.2 Å². The quantitative estimate of drug-likeness (QED) is 0.585. The summed E-state index contributed by atoms with van der Waals surface area (Å²) in [5.74, 6) is 1.93. The lowest BCUT2D eigenvalue weighted by Gasteiger charge is -2.32. The van der Waals surface area contributed by atoms with Gasteiger partial charge in [-0.3, -0.25) is 0 Å². The van der Waals surface area contributed by atoms with E-state index in [9.17, 15) is 0 Å². The Morgan fingerprint density at radius 1 is 0.750 bits per heavy atom. The minimum atomic E-state index is 0.916. The lowest BCUT2D eigenvalue weighted by atomic mass is 9.78. The molecular formula is C11H20O. The van der Waals surface area contributed by atoms with Crippen LogP contribution in [0.3, 0.4) is 0 Å². The molecule has 0 aromatic heterocycles. The molecule has 0 aromatic carbocycles. The van der Waals surface area contributed by atoms with Crippen LogP contribution in [0.15, 0.2) is 0 Å². The molecule has 1 atom stereocenters. The Labute approximate surface area is 75.5 Å². The summed E-state index contributed by atoms with van der Waals surface area (Å²) in [7, 11) is 0. The highest BCUT2D eigenvalue weighted by atomic mass is 16.5. The van der Waals surface area contributed by atoms with E-state index in [4.69, 9.17) is 4.74 Å². The van der Waals surface area contributed by atoms with Crippen LogP contribution in [0.2, 0.25) is 0 Å². The minimum Gasteiger partial charge on any atom is -0.381 e. The molecule has 0 N–H and O–H groups in total. The normalized spacial score (nSPS) is 33.5. The summed E-state index contributed by atoms with van der Waals surface area (Å²) in [5.41, 5.74) is 0. The third-order valence-electron chi connectivity index (χ3n) is 3.51. The zero-order valence-corrected chi connectivity index (χ0v) is 7.93. The van der Waals surface area contributed by atoms with E-state index < -0.39 is 0 Å². The molecule has 0 radical (unpaired) electrons. The van der Waals surface area contributed by atoms with Gasteiger partial charge in [0.05, 0.1) is 0 Å². The Bertz CT molecular complexity index is 105. The van der Waals surface area contributed by atoms with Gasteiger partial charge in [-0.2, -0.15) is 0 Å². The average Bonchev–Trinajstić information content (AvgIpc) is 2.21. The van der Waals surface area contributed by atoms with Crippen LogP contribution in [-0.4, -0.2) is 13.2 Å². The van der Waals surface area contributed by atoms with E-state index in [2.05, 4.69) is 0 Å². The van der Waals surface area contributed by atoms with Crippen molar-refractivity contribution in [1.82, 2.24) is 0 Å². The average molecular weight is 168 g/mol. The summed E-state index contributed by atoms with van der Waals surface area (Å²) < 4.78 is 5.54. The van der Waals surface area contributed by atoms with E-state index >= 15 is 0 Å². The second-order valence-corrected chi connectivity index (χ2v) is 4.38. The summed E-state index contributed by atoms with van der Waals surface area (Å²) in [6.45, 7) is 2.08. The first-order chi connectivity index (χ1) is 5.97. The standard InChI is InChI=1S/C11H20O/c1-2-5-10(6-3-1)11-7-4-8-12-9-11/h10-11H,1-9H2. The van der Waals surface area contributed by atoms with Gasteiger partial charge in [0, 0.05) is 13.2 Å². The molecule has 12 heavy (non-hydrogen) atoms. The SMILES string of the molecule is C1CCC(C2CCCOC2)CC1. The summed E-state index contributed by atoms with van der Waals surface area (Å²) in [5, 5.41) is 0. The van der Waals surface area contributed by atoms with Gasteiger partial charge >= 0.3 is 0 Å². The summed E-state index contributed by atoms with van der Waals surface area (Å²) in [6, 6.07) is 0. The molecule has 1 unspecified atom stereocenters. The van der Waals surface area contributed by atoms with Crippen molar-refractivity contribution in [3.05, 3.63) is 0 Å². The number of ether oxygens (including phenoxy) is 1. The monoisotopic (exact) mass is 168 g/mol. The van der Waals surface area contributed by atoms with Crippen molar-refractivity contribution in [3.63, 3.8) is 0 Å². The van der Waals surface area contributed by atoms with Gasteiger partial charge in [0.15, 0.2) is 0 Å². The first-order valence-corrected chi connectivity index (χ1v) is 5.54. The van der Waals surface area contributed by atoms with Crippen molar-refractivity contribution < 1.29 is 4.74 Å². The number of hydrogen-bond donors (Lipinski definition) is 0. The third kappa shape index (κ3) is 2.01. The predicted octanol–water partition coefficient (Wildman–Crippen LogP) is 2.99. The fourth-order valence-corrected chi connectivity index (χ4v) is 2.74. The van der Waals surface area contributed by atoms with Crippen molar-refractivity contribution in [3.8, 4) is 0 Å². The summed E-state index contributed by atoms with van der Waals surface area (Å²) in [6.07, 6.45) is 10.1. The van der Waals surface area contributed by atoms with Crippen LogP contribution in [0, 0.1) is 11.8 Å². The van der Waals surface area contributed by atoms with Crippen LogP contribution >= 0.6 is 0 Å². The number of rotatable bonds is 1. The zero-order valence-electron chi connectivity index (χ0n) is 7.93. The van der Waals surface area contributed by atoms with E-state index in [1.807, 2.05) is 0 Å². The molecule has 70 valence electrons. The smallest absolute Gasteiger partial charge is 0.0496 e. The highest BCUT2D eigenvalue weighted by Crippen LogP contribution is 2.33. The molecule has 2 rings (SSSR count). The lowest BCUT2D eigenvalue weighted by molar-refractivity contribution is 0.0223. The van der Waals surface area contributed by atoms with Gasteiger partial charge in [-0.05, 0) is 24.7 Å². The summed E-state index contributed by atoms with van der Waals surface area (Å²) >= 11 is 0. The van der Waals surface area contributed by atoms with E-state index in [-0.39, 0.29) is 0 Å². The Balaban J connectivity index is 1.80. The van der Waals surface area contributed by atoms with Gasteiger partial charge in [-0.25, -0.2) is 0 Å². The maximum absolute atomic E-state index is 5.54. The second-order valence-electron chi connectivity index (χ2n) is 4.38. The highest BCUT2D eigenvalue weighted by molar-refractivity contribution is 4.75. The fourth-order valence-electron chi connectivity index (χ4n) is 2.74. The Morgan fingerprint density at radius 3 is 2.17 bits per heavy atom. The van der Waals surface area contributed by atoms with Crippen LogP contribution in [0.5, 0.6) is 0 Å². The maximum atomic E-state index is 5.54. The molecule has 2 aliphatic rings. The molecule has 1 nitrogen and oxygen atoms in total. The van der Waals surface area contributed by atoms with E-state index in [1.54, 1.807) is 0 Å². The lowest BCUT2D eigenvalue weighted by Crippen LogP contribution is -2.26. The largest absolute Gasteiger partial charge is 0.381 e. The number of hydrogen-bond acceptors (Lipinski definition) is 1. The van der Waals surface area contributed by atoms with Crippen LogP contribution < -0.4 is 0 Å². The molecule has 0 amide bonds. The molecule has 0 bridgehead atoms. The topological polar surface area (TPSA) is 9.23 Å². The molecule has 0 spiro atoms. The summed E-state index contributed by atoms with van der Waals surface area (Å²) in [4.78, 5) is 0. The predicted molar refractivity (Wildman–Crippen MR) is 50.1 cm³/mol. The molecule has 2 fully saturated rings. The first kappa shape index (κ1) is 8.55. The third-order valence-corrected chi connectivity index (χ3v) is 3.51. The van der Waals surface area contributed by atoms with Crippen LogP contribution in [0.4, 0.5) is 0 Å². The zero-order chi connectivity index (χ0) is 8.23.